The van der Waals surface area contributed by atoms with Crippen molar-refractivity contribution in [3.8, 4) is 0 Å². The van der Waals surface area contributed by atoms with Gasteiger partial charge in [0, 0.05) is 10.6 Å². The molecule has 0 bridgehead atoms. The second-order valence-corrected chi connectivity index (χ2v) is 3.33. The van der Waals surface area contributed by atoms with Gasteiger partial charge in [0.15, 0.2) is 5.71 Å². The highest BCUT2D eigenvalue weighted by Crippen LogP contribution is 2.23. The summed E-state index contributed by atoms with van der Waals surface area (Å²) in [5, 5.41) is 0.319. The van der Waals surface area contributed by atoms with E-state index in [9.17, 15) is 17.4 Å². The van der Waals surface area contributed by atoms with Gasteiger partial charge in [-0.3, -0.25) is 0 Å². The Hall–Kier alpha value is -0.880. The van der Waals surface area contributed by atoms with Crippen LogP contribution < -0.4 is 0 Å². The summed E-state index contributed by atoms with van der Waals surface area (Å²) in [6.07, 6.45) is -4.63. The van der Waals surface area contributed by atoms with Gasteiger partial charge < -0.3 is 0 Å². The molecule has 0 amide bonds. The lowest BCUT2D eigenvalue weighted by atomic mass is 10.1. The molecule has 0 saturated heterocycles. The summed E-state index contributed by atoms with van der Waals surface area (Å²) < 4.78 is 50.1. The molecule has 0 unspecified atom stereocenters. The normalized spacial score (nSPS) is 12.9. The molecule has 7 heteroatoms. The van der Waals surface area contributed by atoms with Crippen LogP contribution in [0.15, 0.2) is 28.7 Å². The molecule has 82 valence electrons. The Morgan fingerprint density at radius 1 is 1.27 bits per heavy atom. The zero-order chi connectivity index (χ0) is 11.5. The second kappa shape index (κ2) is 4.76. The van der Waals surface area contributed by atoms with Crippen molar-refractivity contribution in [1.82, 2.24) is 0 Å². The molecule has 1 aromatic carbocycles. The topological polar surface area (TPSA) is 29.4 Å². The van der Waals surface area contributed by atoms with Gasteiger partial charge in [-0.1, -0.05) is 23.7 Å². The molecule has 0 aromatic heterocycles. The van der Waals surface area contributed by atoms with Gasteiger partial charge >= 0.3 is 6.18 Å². The summed E-state index contributed by atoms with van der Waals surface area (Å²) in [6, 6.07) is 4.94. The monoisotopic (exact) mass is 255 g/mol. The van der Waals surface area contributed by atoms with Crippen molar-refractivity contribution in [3.05, 3.63) is 34.9 Å². The average molecular weight is 256 g/mol. The highest BCUT2D eigenvalue weighted by Gasteiger charge is 2.36. The number of halogens is 4. The van der Waals surface area contributed by atoms with E-state index in [2.05, 4.69) is 4.40 Å². The molecule has 0 radical (unpaired) electrons. The van der Waals surface area contributed by atoms with Crippen LogP contribution in [0.3, 0.4) is 0 Å². The maximum Gasteiger partial charge on any atom is 0.434 e. The van der Waals surface area contributed by atoms with Gasteiger partial charge in [0.1, 0.15) is 11.9 Å². The molecule has 0 atom stereocenters. The lowest BCUT2D eigenvalue weighted by Gasteiger charge is -2.08. The third-order valence-electron chi connectivity index (χ3n) is 1.53. The summed E-state index contributed by atoms with van der Waals surface area (Å²) in [5.41, 5.74) is -1.36. The summed E-state index contributed by atoms with van der Waals surface area (Å²) in [6.45, 7) is 0. The quantitative estimate of drug-likeness (QED) is 0.639. The minimum Gasteiger partial charge on any atom is -0.238 e. The molecule has 0 saturated carbocycles. The van der Waals surface area contributed by atoms with Crippen LogP contribution in [0.1, 0.15) is 5.56 Å². The van der Waals surface area contributed by atoms with Gasteiger partial charge in [-0.15, -0.1) is 0 Å². The summed E-state index contributed by atoms with van der Waals surface area (Å²) in [7, 11) is 0. The van der Waals surface area contributed by atoms with E-state index in [-0.39, 0.29) is 5.56 Å². The van der Waals surface area contributed by atoms with Crippen LogP contribution in [-0.4, -0.2) is 16.1 Å². The maximum atomic E-state index is 12.4. The van der Waals surface area contributed by atoms with E-state index in [0.717, 1.165) is 0 Å². The Morgan fingerprint density at radius 3 is 2.20 bits per heavy atom. The summed E-state index contributed by atoms with van der Waals surface area (Å²) in [4.78, 5) is 0. The van der Waals surface area contributed by atoms with Gasteiger partial charge in [0.2, 0.25) is 0 Å². The molecule has 15 heavy (non-hydrogen) atoms. The lowest BCUT2D eigenvalue weighted by Crippen LogP contribution is -2.23. The molecule has 0 aliphatic heterocycles. The summed E-state index contributed by atoms with van der Waals surface area (Å²) in [5.74, 6) is 0. The number of hydrogen-bond donors (Lipinski definition) is 1. The minimum atomic E-state index is -4.63. The number of alkyl halides is 3. The number of benzene rings is 1. The van der Waals surface area contributed by atoms with E-state index in [4.69, 9.17) is 11.6 Å². The van der Waals surface area contributed by atoms with E-state index in [1.165, 1.54) is 24.3 Å². The van der Waals surface area contributed by atoms with E-state index in [1.54, 1.807) is 0 Å². The van der Waals surface area contributed by atoms with Crippen molar-refractivity contribution in [2.24, 2.45) is 4.40 Å². The van der Waals surface area contributed by atoms with Gasteiger partial charge in [-0.2, -0.15) is 17.6 Å². The van der Waals surface area contributed by atoms with Crippen LogP contribution in [0.5, 0.6) is 0 Å². The van der Waals surface area contributed by atoms with Crippen molar-refractivity contribution in [2.45, 2.75) is 6.18 Å². The first-order chi connectivity index (χ1) is 6.95. The molecule has 0 N–H and O–H groups in total. The first kappa shape index (κ1) is 12.2. The summed E-state index contributed by atoms with van der Waals surface area (Å²) >= 11 is 4.59. The van der Waals surface area contributed by atoms with E-state index >= 15 is 0 Å². The molecule has 0 aliphatic carbocycles. The Morgan fingerprint density at radius 2 is 1.80 bits per heavy atom. The van der Waals surface area contributed by atoms with Gasteiger partial charge in [0.05, 0.1) is 0 Å². The average Bonchev–Trinajstić information content (AvgIpc) is 2.14. The standard InChI is InChI=1S/C8H5ClF3NOS/c9-6-3-1-5(2-4-6)7(13-15-14)8(10,11)12/h1-4,15H/b13-7-. The van der Waals surface area contributed by atoms with Crippen molar-refractivity contribution >= 4 is 29.2 Å². The fourth-order valence-electron chi connectivity index (χ4n) is 0.927. The van der Waals surface area contributed by atoms with Crippen LogP contribution in [0, 0.1) is 0 Å². The highest BCUT2D eigenvalue weighted by molar-refractivity contribution is 7.64. The minimum absolute atomic E-state index is 0.171. The van der Waals surface area contributed by atoms with E-state index < -0.39 is 23.7 Å². The first-order valence-corrected chi connectivity index (χ1v) is 4.83. The zero-order valence-electron chi connectivity index (χ0n) is 7.12. The van der Waals surface area contributed by atoms with Gasteiger partial charge in [-0.05, 0) is 12.1 Å². The van der Waals surface area contributed by atoms with Crippen LogP contribution >= 0.6 is 11.6 Å². The highest BCUT2D eigenvalue weighted by atomic mass is 35.5. The molecule has 2 nitrogen and oxygen atoms in total. The number of thiol groups is 1. The molecule has 1 rings (SSSR count). The Kier molecular flexibility index (Phi) is 3.87. The predicted molar refractivity (Wildman–Crippen MR) is 53.6 cm³/mol. The van der Waals surface area contributed by atoms with Gasteiger partial charge in [0.25, 0.3) is 0 Å². The fourth-order valence-corrected chi connectivity index (χ4v) is 1.36. The van der Waals surface area contributed by atoms with Crippen molar-refractivity contribution in [1.29, 1.82) is 0 Å². The number of hydrogen-bond acceptors (Lipinski definition) is 1. The molecule has 1 aromatic rings. The second-order valence-electron chi connectivity index (χ2n) is 2.53. The molecule has 0 heterocycles. The lowest BCUT2D eigenvalue weighted by molar-refractivity contribution is -0.0578. The SMILES string of the molecule is O=[SH]/N=C(/c1ccc(Cl)cc1)C(F)(F)F. The van der Waals surface area contributed by atoms with Gasteiger partial charge in [-0.25, -0.2) is 4.21 Å². The Bertz CT molecular complexity index is 388. The van der Waals surface area contributed by atoms with Crippen molar-refractivity contribution in [2.75, 3.05) is 0 Å². The smallest absolute Gasteiger partial charge is 0.238 e. The van der Waals surface area contributed by atoms with Crippen LogP contribution in [0.25, 0.3) is 0 Å². The Labute approximate surface area is 92.4 Å². The molecular formula is C8H5ClF3NOS. The zero-order valence-corrected chi connectivity index (χ0v) is 8.77. The molecule has 0 aliphatic rings. The third-order valence-corrected chi connectivity index (χ3v) is 2.06. The van der Waals surface area contributed by atoms with Crippen LogP contribution in [0.4, 0.5) is 13.2 Å². The van der Waals surface area contributed by atoms with Crippen molar-refractivity contribution < 1.29 is 17.4 Å². The largest absolute Gasteiger partial charge is 0.434 e. The number of nitrogens with zero attached hydrogens (tertiary/aromatic N) is 1. The Balaban J connectivity index is 3.17. The first-order valence-electron chi connectivity index (χ1n) is 3.68. The van der Waals surface area contributed by atoms with Crippen molar-refractivity contribution in [3.63, 3.8) is 0 Å². The van der Waals surface area contributed by atoms with E-state index in [0.29, 0.717) is 5.02 Å². The van der Waals surface area contributed by atoms with Crippen LogP contribution in [-0.2, 0) is 11.9 Å². The van der Waals surface area contributed by atoms with E-state index in [1.807, 2.05) is 0 Å². The third kappa shape index (κ3) is 3.32. The predicted octanol–water partition coefficient (Wildman–Crippen LogP) is 2.55. The fraction of sp³-hybridized carbons (Fsp3) is 0.125. The molecule has 0 spiro atoms. The molecule has 0 fully saturated rings. The maximum absolute atomic E-state index is 12.4. The number of rotatable bonds is 2. The van der Waals surface area contributed by atoms with Crippen LogP contribution in [0.2, 0.25) is 5.02 Å². The molecular weight excluding hydrogens is 251 g/mol.